The van der Waals surface area contributed by atoms with Gasteiger partial charge >= 0.3 is 0 Å². The van der Waals surface area contributed by atoms with Crippen molar-refractivity contribution >= 4 is 10.9 Å². The van der Waals surface area contributed by atoms with E-state index < -0.39 is 0 Å². The van der Waals surface area contributed by atoms with E-state index >= 15 is 0 Å². The van der Waals surface area contributed by atoms with Crippen LogP contribution in [0.25, 0.3) is 10.9 Å². The Hall–Kier alpha value is -1.39. The Kier molecular flexibility index (Phi) is 3.29. The van der Waals surface area contributed by atoms with Gasteiger partial charge in [-0.05, 0) is 24.9 Å². The van der Waals surface area contributed by atoms with Crippen LogP contribution in [0, 0.1) is 5.92 Å². The first-order valence-corrected chi connectivity index (χ1v) is 6.96. The number of aromatic nitrogens is 2. The van der Waals surface area contributed by atoms with Crippen LogP contribution in [0.3, 0.4) is 0 Å². The van der Waals surface area contributed by atoms with Crippen LogP contribution in [0.1, 0.15) is 19.0 Å². The van der Waals surface area contributed by atoms with E-state index in [1.165, 1.54) is 10.9 Å². The van der Waals surface area contributed by atoms with E-state index in [9.17, 15) is 5.11 Å². The second kappa shape index (κ2) is 4.94. The molecule has 0 saturated carbocycles. The van der Waals surface area contributed by atoms with E-state index in [-0.39, 0.29) is 6.10 Å². The zero-order chi connectivity index (χ0) is 13.4. The molecule has 0 amide bonds. The monoisotopic (exact) mass is 259 g/mol. The molecule has 1 saturated heterocycles. The van der Waals surface area contributed by atoms with Crippen LogP contribution in [0.15, 0.2) is 24.3 Å². The number of rotatable bonds is 2. The van der Waals surface area contributed by atoms with Crippen molar-refractivity contribution in [2.24, 2.45) is 13.0 Å². The Morgan fingerprint density at radius 1 is 1.37 bits per heavy atom. The smallest absolute Gasteiger partial charge is 0.0843 e. The lowest BCUT2D eigenvalue weighted by Crippen LogP contribution is -2.42. The van der Waals surface area contributed by atoms with Crippen molar-refractivity contribution in [3.05, 3.63) is 30.0 Å². The van der Waals surface area contributed by atoms with E-state index in [4.69, 9.17) is 0 Å². The molecule has 1 aliphatic heterocycles. The summed E-state index contributed by atoms with van der Waals surface area (Å²) >= 11 is 0. The molecule has 1 aromatic heterocycles. The van der Waals surface area contributed by atoms with E-state index in [1.807, 2.05) is 17.8 Å². The van der Waals surface area contributed by atoms with Crippen molar-refractivity contribution < 1.29 is 5.11 Å². The van der Waals surface area contributed by atoms with Crippen LogP contribution in [0.2, 0.25) is 0 Å². The first-order valence-electron chi connectivity index (χ1n) is 6.96. The molecule has 3 rings (SSSR count). The summed E-state index contributed by atoms with van der Waals surface area (Å²) in [7, 11) is 1.99. The second-order valence-electron chi connectivity index (χ2n) is 5.66. The van der Waals surface area contributed by atoms with E-state index in [0.29, 0.717) is 5.92 Å². The number of β-amino-alcohol motifs (C(OH)–C–C–N with tert-alkyl or cyclic N) is 1. The zero-order valence-corrected chi connectivity index (χ0v) is 11.6. The highest BCUT2D eigenvalue weighted by atomic mass is 16.3. The van der Waals surface area contributed by atoms with Gasteiger partial charge in [-0.1, -0.05) is 25.1 Å². The Labute approximate surface area is 113 Å². The van der Waals surface area contributed by atoms with E-state index in [0.717, 1.165) is 31.7 Å². The summed E-state index contributed by atoms with van der Waals surface area (Å²) < 4.78 is 1.94. The fourth-order valence-corrected chi connectivity index (χ4v) is 2.88. The topological polar surface area (TPSA) is 41.3 Å². The lowest BCUT2D eigenvalue weighted by Gasteiger charge is -2.33. The number of likely N-dealkylation sites (tertiary alicyclic amines) is 1. The van der Waals surface area contributed by atoms with Crippen molar-refractivity contribution in [2.45, 2.75) is 26.0 Å². The zero-order valence-electron chi connectivity index (χ0n) is 11.6. The van der Waals surface area contributed by atoms with Crippen LogP contribution in [0.4, 0.5) is 0 Å². The van der Waals surface area contributed by atoms with Gasteiger partial charge in [0.15, 0.2) is 0 Å². The van der Waals surface area contributed by atoms with Gasteiger partial charge in [-0.2, -0.15) is 5.10 Å². The molecule has 2 aromatic rings. The summed E-state index contributed by atoms with van der Waals surface area (Å²) in [6, 6.07) is 8.32. The average Bonchev–Trinajstić information content (AvgIpc) is 2.72. The number of benzene rings is 1. The molecular weight excluding hydrogens is 238 g/mol. The summed E-state index contributed by atoms with van der Waals surface area (Å²) in [5.74, 6) is 0.414. The third-order valence-electron chi connectivity index (χ3n) is 4.21. The number of hydrogen-bond acceptors (Lipinski definition) is 3. The first-order chi connectivity index (χ1) is 9.15. The molecule has 1 N–H and O–H groups in total. The highest BCUT2D eigenvalue weighted by Crippen LogP contribution is 2.22. The van der Waals surface area contributed by atoms with Gasteiger partial charge in [-0.25, -0.2) is 0 Å². The maximum Gasteiger partial charge on any atom is 0.0843 e. The number of aliphatic hydroxyl groups excluding tert-OH is 1. The fourth-order valence-electron chi connectivity index (χ4n) is 2.88. The largest absolute Gasteiger partial charge is 0.392 e. The van der Waals surface area contributed by atoms with Gasteiger partial charge in [0.2, 0.25) is 0 Å². The number of nitrogens with zero attached hydrogens (tertiary/aromatic N) is 3. The van der Waals surface area contributed by atoms with Crippen molar-refractivity contribution in [3.8, 4) is 0 Å². The van der Waals surface area contributed by atoms with Crippen molar-refractivity contribution in [2.75, 3.05) is 13.1 Å². The molecule has 0 bridgehead atoms. The maximum absolute atomic E-state index is 9.98. The van der Waals surface area contributed by atoms with Crippen molar-refractivity contribution in [1.29, 1.82) is 0 Å². The molecule has 2 atom stereocenters. The molecule has 2 unspecified atom stereocenters. The van der Waals surface area contributed by atoms with Crippen LogP contribution in [-0.4, -0.2) is 39.0 Å². The Morgan fingerprint density at radius 3 is 2.95 bits per heavy atom. The summed E-state index contributed by atoms with van der Waals surface area (Å²) in [5, 5.41) is 15.8. The second-order valence-corrected chi connectivity index (χ2v) is 5.66. The van der Waals surface area contributed by atoms with E-state index in [2.05, 4.69) is 35.1 Å². The SMILES string of the molecule is CC1CCN(Cc2nn(C)c3ccccc23)CC1O. The number of piperidine rings is 1. The third-order valence-corrected chi connectivity index (χ3v) is 4.21. The number of fused-ring (bicyclic) bond motifs is 1. The molecule has 1 aromatic carbocycles. The first kappa shape index (κ1) is 12.6. The number of para-hydroxylation sites is 1. The van der Waals surface area contributed by atoms with Gasteiger partial charge < -0.3 is 5.11 Å². The van der Waals surface area contributed by atoms with Gasteiger partial charge in [-0.15, -0.1) is 0 Å². The highest BCUT2D eigenvalue weighted by Gasteiger charge is 2.25. The molecule has 1 aliphatic rings. The summed E-state index contributed by atoms with van der Waals surface area (Å²) in [5.41, 5.74) is 2.28. The van der Waals surface area contributed by atoms with Crippen LogP contribution in [0.5, 0.6) is 0 Å². The van der Waals surface area contributed by atoms with Crippen LogP contribution in [-0.2, 0) is 13.6 Å². The fraction of sp³-hybridized carbons (Fsp3) is 0.533. The molecule has 2 heterocycles. The lowest BCUT2D eigenvalue weighted by atomic mass is 9.96. The normalized spacial score (nSPS) is 25.0. The summed E-state index contributed by atoms with van der Waals surface area (Å²) in [6.07, 6.45) is 0.857. The van der Waals surface area contributed by atoms with Crippen LogP contribution >= 0.6 is 0 Å². The maximum atomic E-state index is 9.98. The molecular formula is C15H21N3O. The van der Waals surface area contributed by atoms with E-state index in [1.54, 1.807) is 0 Å². The summed E-state index contributed by atoms with van der Waals surface area (Å²) in [4.78, 5) is 2.30. The minimum Gasteiger partial charge on any atom is -0.392 e. The Morgan fingerprint density at radius 2 is 2.16 bits per heavy atom. The molecule has 0 radical (unpaired) electrons. The molecule has 0 spiro atoms. The number of aliphatic hydroxyl groups is 1. The molecule has 0 aliphatic carbocycles. The molecule has 19 heavy (non-hydrogen) atoms. The highest BCUT2D eigenvalue weighted by molar-refractivity contribution is 5.81. The number of aryl methyl sites for hydroxylation is 1. The molecule has 1 fully saturated rings. The van der Waals surface area contributed by atoms with Crippen LogP contribution < -0.4 is 0 Å². The molecule has 4 heteroatoms. The predicted molar refractivity (Wildman–Crippen MR) is 75.8 cm³/mol. The number of hydrogen-bond donors (Lipinski definition) is 1. The quantitative estimate of drug-likeness (QED) is 0.893. The summed E-state index contributed by atoms with van der Waals surface area (Å²) in [6.45, 7) is 4.75. The lowest BCUT2D eigenvalue weighted by molar-refractivity contribution is 0.0255. The molecule has 102 valence electrons. The van der Waals surface area contributed by atoms with Gasteiger partial charge in [0.05, 0.1) is 17.3 Å². The van der Waals surface area contributed by atoms with Gasteiger partial charge in [0, 0.05) is 25.5 Å². The Balaban J connectivity index is 1.82. The average molecular weight is 259 g/mol. The predicted octanol–water partition coefficient (Wildman–Crippen LogP) is 1.78. The third kappa shape index (κ3) is 2.38. The van der Waals surface area contributed by atoms with Gasteiger partial charge in [-0.3, -0.25) is 9.58 Å². The Bertz CT molecular complexity index is 578. The van der Waals surface area contributed by atoms with Gasteiger partial charge in [0.25, 0.3) is 0 Å². The molecule has 4 nitrogen and oxygen atoms in total. The minimum absolute atomic E-state index is 0.205. The minimum atomic E-state index is -0.205. The standard InChI is InChI=1S/C15H21N3O/c1-11-7-8-18(10-15(11)19)9-13-12-5-3-4-6-14(12)17(2)16-13/h3-6,11,15,19H,7-10H2,1-2H3. The van der Waals surface area contributed by atoms with Crippen molar-refractivity contribution in [3.63, 3.8) is 0 Å². The van der Waals surface area contributed by atoms with Gasteiger partial charge in [0.1, 0.15) is 0 Å². The van der Waals surface area contributed by atoms with Crippen molar-refractivity contribution in [1.82, 2.24) is 14.7 Å².